The number of rotatable bonds is 0. The third kappa shape index (κ3) is 2990. The Morgan fingerprint density at radius 1 is 1.40 bits per heavy atom. The second-order valence-corrected chi connectivity index (χ2v) is 0. The van der Waals surface area contributed by atoms with Crippen LogP contribution < -0.4 is 0 Å². The van der Waals surface area contributed by atoms with E-state index in [0.29, 0.717) is 0 Å². The molecular formula is C4H15F. The van der Waals surface area contributed by atoms with Gasteiger partial charge in [0.05, 0.1) is 8.52 Å². The average molecular weight is 83.2 g/mol. The fourth-order valence-corrected chi connectivity index (χ4v) is 0. The van der Waals surface area contributed by atoms with Gasteiger partial charge in [-0.2, -0.15) is 0 Å². The van der Waals surface area contributed by atoms with Crippen molar-refractivity contribution in [3.63, 3.8) is 0 Å². The van der Waals surface area contributed by atoms with E-state index in [1.807, 2.05) is 0 Å². The molecule has 0 bridgehead atoms. The molecule has 0 nitrogen and oxygen atoms in total. The van der Waals surface area contributed by atoms with Crippen LogP contribution in [0.15, 0.2) is 0 Å². The SMILES string of the molecule is C.C.C.[2H]CF. The topological polar surface area (TPSA) is 0 Å². The molecule has 0 N–H and O–H groups in total. The van der Waals surface area contributed by atoms with Crippen molar-refractivity contribution in [2.24, 2.45) is 0 Å². The van der Waals surface area contributed by atoms with Gasteiger partial charge in [0.1, 0.15) is 0 Å². The minimum absolute atomic E-state index is 0. The summed E-state index contributed by atoms with van der Waals surface area (Å²) in [6.07, 6.45) is 0. The first kappa shape index (κ1) is 20.4. The molecule has 0 aromatic carbocycles. The van der Waals surface area contributed by atoms with E-state index in [2.05, 4.69) is 0 Å². The number of hydrogen-bond acceptors (Lipinski definition) is 0. The smallest absolute Gasteiger partial charge is 0.0785 e. The van der Waals surface area contributed by atoms with E-state index in [-0.39, 0.29) is 22.3 Å². The number of hydrogen-bond donors (Lipinski definition) is 0. The monoisotopic (exact) mass is 83.1 g/mol. The Labute approximate surface area is 36.4 Å². The van der Waals surface area contributed by atoms with Crippen LogP contribution >= 0.6 is 0 Å². The minimum atomic E-state index is -1.00. The van der Waals surface area contributed by atoms with Crippen molar-refractivity contribution in [3.05, 3.63) is 0 Å². The normalized spacial score (nSPS) is 3.80. The number of alkyl halides is 1. The van der Waals surface area contributed by atoms with Crippen molar-refractivity contribution in [2.75, 3.05) is 7.15 Å². The van der Waals surface area contributed by atoms with Crippen LogP contribution in [0, 0.1) is 0 Å². The zero-order chi connectivity index (χ0) is 2.71. The number of halogens is 1. The summed E-state index contributed by atoms with van der Waals surface area (Å²) < 4.78 is 15.5. The van der Waals surface area contributed by atoms with Crippen LogP contribution in [0.25, 0.3) is 0 Å². The second kappa shape index (κ2) is 6890. The van der Waals surface area contributed by atoms with Gasteiger partial charge >= 0.3 is 0 Å². The van der Waals surface area contributed by atoms with Gasteiger partial charge in [-0.3, -0.25) is 4.39 Å². The Morgan fingerprint density at radius 2 is 1.40 bits per heavy atom. The summed E-state index contributed by atoms with van der Waals surface area (Å²) in [5.41, 5.74) is 0. The molecule has 0 spiro atoms. The van der Waals surface area contributed by atoms with Crippen molar-refractivity contribution in [2.45, 2.75) is 22.3 Å². The molecule has 0 aliphatic carbocycles. The van der Waals surface area contributed by atoms with Gasteiger partial charge in [-0.1, -0.05) is 22.3 Å². The largest absolute Gasteiger partial charge is 0.255 e. The summed E-state index contributed by atoms with van der Waals surface area (Å²) >= 11 is 0. The van der Waals surface area contributed by atoms with Crippen molar-refractivity contribution in [1.82, 2.24) is 0 Å². The molecule has 0 rings (SSSR count). The maximum atomic E-state index is 9.96. The Hall–Kier alpha value is -0.0700. The van der Waals surface area contributed by atoms with Crippen molar-refractivity contribution in [1.29, 1.82) is 0 Å². The molecule has 0 atom stereocenters. The van der Waals surface area contributed by atoms with Gasteiger partial charge < -0.3 is 0 Å². The second-order valence-electron chi connectivity index (χ2n) is 0. The van der Waals surface area contributed by atoms with Crippen LogP contribution in [0.2, 0.25) is 0 Å². The molecule has 0 fully saturated rings. The molecule has 0 heterocycles. The van der Waals surface area contributed by atoms with Gasteiger partial charge in [0, 0.05) is 0 Å². The fraction of sp³-hybridized carbons (Fsp3) is 1.00. The first-order valence-electron chi connectivity index (χ1n) is 0.974. The fourth-order valence-electron chi connectivity index (χ4n) is 0. The summed E-state index contributed by atoms with van der Waals surface area (Å²) in [5.74, 6) is 0. The van der Waals surface area contributed by atoms with E-state index in [0.717, 1.165) is 0 Å². The summed E-state index contributed by atoms with van der Waals surface area (Å²) in [7, 11) is -1.00. The van der Waals surface area contributed by atoms with Crippen molar-refractivity contribution < 1.29 is 5.76 Å². The highest BCUT2D eigenvalue weighted by atomic mass is 19.1. The van der Waals surface area contributed by atoms with Crippen LogP contribution in [-0.2, 0) is 0 Å². The summed E-state index contributed by atoms with van der Waals surface area (Å²) in [6, 6.07) is 0. The lowest BCUT2D eigenvalue weighted by atomic mass is 11.9. The molecule has 0 aromatic rings. The first-order chi connectivity index (χ1) is 1.41. The molecule has 0 saturated heterocycles. The summed E-state index contributed by atoms with van der Waals surface area (Å²) in [5, 5.41) is 0. The van der Waals surface area contributed by atoms with Crippen LogP contribution in [0.1, 0.15) is 23.7 Å². The highest BCUT2D eigenvalue weighted by Gasteiger charge is 0.926. The van der Waals surface area contributed by atoms with Gasteiger partial charge in [0.2, 0.25) is 0 Å². The van der Waals surface area contributed by atoms with E-state index in [9.17, 15) is 4.39 Å². The molecule has 0 aromatic heterocycles. The lowest BCUT2D eigenvalue weighted by molar-refractivity contribution is 0.636. The predicted octanol–water partition coefficient (Wildman–Crippen LogP) is 2.49. The molecule has 0 aliphatic rings. The van der Waals surface area contributed by atoms with E-state index in [1.54, 1.807) is 0 Å². The van der Waals surface area contributed by atoms with Crippen molar-refractivity contribution in [3.8, 4) is 0 Å². The predicted molar refractivity (Wildman–Crippen MR) is 27.2 cm³/mol. The van der Waals surface area contributed by atoms with E-state index < -0.39 is 7.15 Å². The molecule has 0 radical (unpaired) electrons. The standard InChI is InChI=1S/CH3F.3CH4/c1-2;;;/h1H3;3*1H4/i1D;;;. The van der Waals surface area contributed by atoms with E-state index in [1.165, 1.54) is 0 Å². The van der Waals surface area contributed by atoms with Crippen molar-refractivity contribution >= 4 is 0 Å². The third-order valence-corrected chi connectivity index (χ3v) is 0. The third-order valence-electron chi connectivity index (χ3n) is 0. The Bertz CT molecular complexity index is 7.51. The van der Waals surface area contributed by atoms with Gasteiger partial charge in [-0.05, 0) is 0 Å². The molecule has 0 unspecified atom stereocenters. The van der Waals surface area contributed by atoms with Gasteiger partial charge in [-0.25, -0.2) is 0 Å². The Balaban J connectivity index is -0.00000000667. The molecule has 0 saturated carbocycles. The quantitative estimate of drug-likeness (QED) is 0.422. The highest BCUT2D eigenvalue weighted by Crippen LogP contribution is 1.16. The van der Waals surface area contributed by atoms with Crippen LogP contribution in [-0.4, -0.2) is 7.15 Å². The molecule has 1 heteroatoms. The van der Waals surface area contributed by atoms with E-state index >= 15 is 0 Å². The summed E-state index contributed by atoms with van der Waals surface area (Å²) in [4.78, 5) is 0. The van der Waals surface area contributed by atoms with Crippen LogP contribution in [0.3, 0.4) is 0 Å². The lowest BCUT2D eigenvalue weighted by Gasteiger charge is -1.10. The van der Waals surface area contributed by atoms with Gasteiger partial charge in [-0.15, -0.1) is 0 Å². The van der Waals surface area contributed by atoms with Crippen LogP contribution in [0.5, 0.6) is 0 Å². The zero-order valence-electron chi connectivity index (χ0n) is 2.09. The molecule has 38 valence electrons. The minimum Gasteiger partial charge on any atom is -0.255 e. The Morgan fingerprint density at radius 3 is 1.40 bits per heavy atom. The summed E-state index contributed by atoms with van der Waals surface area (Å²) in [6.45, 7) is 0. The maximum Gasteiger partial charge on any atom is 0.0785 e. The molecular weight excluding hydrogens is 67.0 g/mol. The van der Waals surface area contributed by atoms with Crippen LogP contribution in [0.4, 0.5) is 4.39 Å². The average Bonchev–Trinajstić information content (AvgIpc) is 0.918. The lowest BCUT2D eigenvalue weighted by Crippen LogP contribution is -0.939. The molecule has 0 amide bonds. The first-order valence-corrected chi connectivity index (χ1v) is 0.267. The molecule has 5 heavy (non-hydrogen) atoms. The van der Waals surface area contributed by atoms with E-state index in [4.69, 9.17) is 1.37 Å². The molecule has 0 aliphatic heterocycles. The maximum absolute atomic E-state index is 9.96. The zero-order valence-corrected chi connectivity index (χ0v) is 1.09. The highest BCUT2D eigenvalue weighted by molar-refractivity contribution is 3.23. The Kier molecular flexibility index (Phi) is 28200. The van der Waals surface area contributed by atoms with Gasteiger partial charge in [0.15, 0.2) is 0 Å². The van der Waals surface area contributed by atoms with Gasteiger partial charge in [0.25, 0.3) is 0 Å².